The molecule has 0 bridgehead atoms. The lowest BCUT2D eigenvalue weighted by Gasteiger charge is -2.27. The lowest BCUT2D eigenvalue weighted by Crippen LogP contribution is -2.48. The second-order valence-electron chi connectivity index (χ2n) is 4.97. The van der Waals surface area contributed by atoms with Crippen molar-refractivity contribution in [2.45, 2.75) is 69.9 Å². The van der Waals surface area contributed by atoms with Crippen LogP contribution in [0.5, 0.6) is 0 Å². The summed E-state index contributed by atoms with van der Waals surface area (Å²) in [7, 11) is 0. The molecule has 120 valence electrons. The minimum Gasteiger partial charge on any atom is -0.394 e. The monoisotopic (exact) mass is 292 g/mol. The Labute approximate surface area is 120 Å². The molecule has 0 aromatic carbocycles. The van der Waals surface area contributed by atoms with E-state index in [9.17, 15) is 20.1 Å². The Morgan fingerprint density at radius 2 is 1.65 bits per heavy atom. The third kappa shape index (κ3) is 7.91. The van der Waals surface area contributed by atoms with Gasteiger partial charge in [0.25, 0.3) is 0 Å². The highest BCUT2D eigenvalue weighted by Crippen LogP contribution is 2.11. The summed E-state index contributed by atoms with van der Waals surface area (Å²) >= 11 is 0. The van der Waals surface area contributed by atoms with Crippen LogP contribution in [-0.2, 0) is 9.53 Å². The molecular formula is C14H28O6. The Bertz CT molecular complexity index is 236. The van der Waals surface area contributed by atoms with Gasteiger partial charge >= 0.3 is 0 Å². The van der Waals surface area contributed by atoms with Gasteiger partial charge in [0.15, 0.2) is 6.29 Å². The van der Waals surface area contributed by atoms with Crippen molar-refractivity contribution in [2.24, 2.45) is 0 Å². The Hall–Kier alpha value is -0.530. The first kappa shape index (κ1) is 19.5. The Morgan fingerprint density at radius 1 is 1.05 bits per heavy atom. The predicted octanol–water partition coefficient (Wildman–Crippen LogP) is 0.00600. The number of carbonyl (C=O) groups is 1. The molecule has 0 aromatic heterocycles. The molecule has 0 fully saturated rings. The smallest absolute Gasteiger partial charge is 0.151 e. The van der Waals surface area contributed by atoms with Crippen LogP contribution < -0.4 is 0 Å². The fourth-order valence-electron chi connectivity index (χ4n) is 1.91. The van der Waals surface area contributed by atoms with Crippen molar-refractivity contribution < 1.29 is 30.0 Å². The molecule has 0 aliphatic rings. The first-order valence-corrected chi connectivity index (χ1v) is 7.30. The molecule has 4 N–H and O–H groups in total. The summed E-state index contributed by atoms with van der Waals surface area (Å²) in [4.78, 5) is 10.6. The van der Waals surface area contributed by atoms with E-state index in [0.717, 1.165) is 19.3 Å². The highest BCUT2D eigenvalue weighted by atomic mass is 16.5. The van der Waals surface area contributed by atoms with Gasteiger partial charge in [0.1, 0.15) is 24.4 Å². The Morgan fingerprint density at radius 3 is 2.20 bits per heavy atom. The SMILES string of the molecule is CCCCCCCCO[C@@H]([C@H](O)[C@H](O)CO)[C@@H](O)C=O. The van der Waals surface area contributed by atoms with E-state index in [0.29, 0.717) is 0 Å². The number of ether oxygens (including phenoxy) is 1. The Balaban J connectivity index is 4.02. The number of carbonyl (C=O) groups excluding carboxylic acids is 1. The van der Waals surface area contributed by atoms with Crippen LogP contribution >= 0.6 is 0 Å². The third-order valence-electron chi connectivity index (χ3n) is 3.20. The van der Waals surface area contributed by atoms with Crippen LogP contribution in [0.4, 0.5) is 0 Å². The van der Waals surface area contributed by atoms with E-state index in [1.807, 2.05) is 0 Å². The molecule has 4 atom stereocenters. The maximum absolute atomic E-state index is 10.6. The van der Waals surface area contributed by atoms with Gasteiger partial charge in [-0.15, -0.1) is 0 Å². The summed E-state index contributed by atoms with van der Waals surface area (Å²) in [6.45, 7) is 1.77. The third-order valence-corrected chi connectivity index (χ3v) is 3.20. The fraction of sp³-hybridized carbons (Fsp3) is 0.929. The summed E-state index contributed by atoms with van der Waals surface area (Å²) in [5.74, 6) is 0. The van der Waals surface area contributed by atoms with Crippen LogP contribution in [-0.4, -0.2) is 64.3 Å². The van der Waals surface area contributed by atoms with Gasteiger partial charge in [-0.2, -0.15) is 0 Å². The average molecular weight is 292 g/mol. The van der Waals surface area contributed by atoms with Gasteiger partial charge in [0.2, 0.25) is 0 Å². The molecule has 0 aromatic rings. The van der Waals surface area contributed by atoms with Crippen molar-refractivity contribution in [3.8, 4) is 0 Å². The van der Waals surface area contributed by atoms with Gasteiger partial charge < -0.3 is 30.0 Å². The molecule has 0 unspecified atom stereocenters. The lowest BCUT2D eigenvalue weighted by molar-refractivity contribution is -0.150. The number of hydrogen-bond donors (Lipinski definition) is 4. The quantitative estimate of drug-likeness (QED) is 0.281. The zero-order valence-corrected chi connectivity index (χ0v) is 12.1. The number of aliphatic hydroxyl groups excluding tert-OH is 4. The van der Waals surface area contributed by atoms with Crippen molar-refractivity contribution in [1.29, 1.82) is 0 Å². The summed E-state index contributed by atoms with van der Waals surface area (Å²) in [6, 6.07) is 0. The van der Waals surface area contributed by atoms with Crippen molar-refractivity contribution in [2.75, 3.05) is 13.2 Å². The fourth-order valence-corrected chi connectivity index (χ4v) is 1.91. The number of rotatable bonds is 13. The van der Waals surface area contributed by atoms with Crippen molar-refractivity contribution in [1.82, 2.24) is 0 Å². The standard InChI is InChI=1S/C14H28O6/c1-2-3-4-5-6-7-8-20-14(12(18)10-16)13(19)11(17)9-15/h10-15,17-19H,2-9H2,1H3/t11-,12+,13-,14-/m1/s1. The number of aldehydes is 1. The second kappa shape index (κ2) is 12.2. The first-order valence-electron chi connectivity index (χ1n) is 7.30. The van der Waals surface area contributed by atoms with Crippen LogP contribution in [0.3, 0.4) is 0 Å². The van der Waals surface area contributed by atoms with Crippen molar-refractivity contribution in [3.63, 3.8) is 0 Å². The zero-order chi connectivity index (χ0) is 15.4. The lowest BCUT2D eigenvalue weighted by atomic mass is 10.0. The van der Waals surface area contributed by atoms with E-state index in [2.05, 4.69) is 6.92 Å². The summed E-state index contributed by atoms with van der Waals surface area (Å²) in [5.41, 5.74) is 0. The van der Waals surface area contributed by atoms with Gasteiger partial charge in [-0.1, -0.05) is 39.0 Å². The molecule has 0 amide bonds. The molecular weight excluding hydrogens is 264 g/mol. The van der Waals surface area contributed by atoms with Gasteiger partial charge in [-0.3, -0.25) is 0 Å². The minimum absolute atomic E-state index is 0.249. The van der Waals surface area contributed by atoms with E-state index in [-0.39, 0.29) is 12.9 Å². The topological polar surface area (TPSA) is 107 Å². The summed E-state index contributed by atoms with van der Waals surface area (Å²) in [5, 5.41) is 37.3. The molecule has 0 aliphatic heterocycles. The van der Waals surface area contributed by atoms with E-state index >= 15 is 0 Å². The molecule has 6 nitrogen and oxygen atoms in total. The van der Waals surface area contributed by atoms with Crippen molar-refractivity contribution >= 4 is 6.29 Å². The average Bonchev–Trinajstić information content (AvgIpc) is 2.47. The molecule has 0 saturated carbocycles. The van der Waals surface area contributed by atoms with E-state index in [1.54, 1.807) is 0 Å². The number of aliphatic hydroxyl groups is 4. The molecule has 6 heteroatoms. The predicted molar refractivity (Wildman–Crippen MR) is 74.3 cm³/mol. The van der Waals surface area contributed by atoms with Crippen LogP contribution in [0, 0.1) is 0 Å². The maximum atomic E-state index is 10.6. The van der Waals surface area contributed by atoms with Crippen LogP contribution in [0.2, 0.25) is 0 Å². The Kier molecular flexibility index (Phi) is 11.9. The van der Waals surface area contributed by atoms with Crippen LogP contribution in [0.15, 0.2) is 0 Å². The molecule has 20 heavy (non-hydrogen) atoms. The normalized spacial score (nSPS) is 17.4. The molecule has 0 aliphatic carbocycles. The van der Waals surface area contributed by atoms with Gasteiger partial charge in [-0.25, -0.2) is 0 Å². The van der Waals surface area contributed by atoms with E-state index in [4.69, 9.17) is 9.84 Å². The number of unbranched alkanes of at least 4 members (excludes halogenated alkanes) is 5. The largest absolute Gasteiger partial charge is 0.394 e. The zero-order valence-electron chi connectivity index (χ0n) is 12.1. The maximum Gasteiger partial charge on any atom is 0.151 e. The molecule has 0 radical (unpaired) electrons. The van der Waals surface area contributed by atoms with Crippen molar-refractivity contribution in [3.05, 3.63) is 0 Å². The first-order chi connectivity index (χ1) is 9.58. The minimum atomic E-state index is -1.52. The number of hydrogen-bond acceptors (Lipinski definition) is 6. The highest BCUT2D eigenvalue weighted by molar-refractivity contribution is 5.56. The van der Waals surface area contributed by atoms with Crippen LogP contribution in [0.25, 0.3) is 0 Å². The second-order valence-corrected chi connectivity index (χ2v) is 4.97. The summed E-state index contributed by atoms with van der Waals surface area (Å²) < 4.78 is 5.28. The molecule has 0 heterocycles. The summed E-state index contributed by atoms with van der Waals surface area (Å²) in [6.07, 6.45) is 0.943. The van der Waals surface area contributed by atoms with E-state index < -0.39 is 31.0 Å². The van der Waals surface area contributed by atoms with Gasteiger partial charge in [-0.05, 0) is 6.42 Å². The highest BCUT2D eigenvalue weighted by Gasteiger charge is 2.32. The molecule has 0 saturated heterocycles. The molecule has 0 spiro atoms. The van der Waals surface area contributed by atoms with Crippen LogP contribution in [0.1, 0.15) is 45.4 Å². The van der Waals surface area contributed by atoms with E-state index in [1.165, 1.54) is 19.3 Å². The van der Waals surface area contributed by atoms with Gasteiger partial charge in [0.05, 0.1) is 6.61 Å². The van der Waals surface area contributed by atoms with Gasteiger partial charge in [0, 0.05) is 6.61 Å². The molecule has 0 rings (SSSR count).